The molecule has 0 spiro atoms. The molecule has 2 aliphatic rings. The average Bonchev–Trinajstić information content (AvgIpc) is 2.55. The van der Waals surface area contributed by atoms with E-state index >= 15 is 0 Å². The molecule has 2 aliphatic heterocycles. The van der Waals surface area contributed by atoms with Gasteiger partial charge in [-0.2, -0.15) is 5.26 Å². The summed E-state index contributed by atoms with van der Waals surface area (Å²) >= 11 is 0. The Morgan fingerprint density at radius 3 is 2.76 bits per heavy atom. The molecule has 1 aromatic carbocycles. The topological polar surface area (TPSA) is 111 Å². The Balaban J connectivity index is 0.00000243. The predicted molar refractivity (Wildman–Crippen MR) is 99.3 cm³/mol. The van der Waals surface area contributed by atoms with Crippen molar-refractivity contribution in [3.8, 4) is 6.07 Å². The van der Waals surface area contributed by atoms with E-state index in [1.165, 1.54) is 11.2 Å². The maximum Gasteiger partial charge on any atom is 0.322 e. The van der Waals surface area contributed by atoms with Crippen LogP contribution in [0.1, 0.15) is 33.2 Å². The number of carbonyl (C=O) groups excluding carboxylic acids is 1. The van der Waals surface area contributed by atoms with E-state index in [1.54, 1.807) is 6.07 Å². The van der Waals surface area contributed by atoms with Crippen LogP contribution in [0.2, 0.25) is 0 Å². The van der Waals surface area contributed by atoms with Crippen LogP contribution in [0.3, 0.4) is 0 Å². The van der Waals surface area contributed by atoms with Crippen molar-refractivity contribution in [2.24, 2.45) is 17.5 Å². The lowest BCUT2D eigenvalue weighted by molar-refractivity contribution is -0.00600. The van der Waals surface area contributed by atoms with E-state index in [0.717, 1.165) is 24.8 Å². The van der Waals surface area contributed by atoms with E-state index in [1.807, 2.05) is 30.0 Å². The van der Waals surface area contributed by atoms with Gasteiger partial charge < -0.3 is 16.0 Å². The van der Waals surface area contributed by atoms with Crippen LogP contribution >= 0.6 is 0 Å². The third-order valence-corrected chi connectivity index (χ3v) is 5.06. The number of hydrazine groups is 1. The number of piperidine rings is 1. The molecule has 3 rings (SSSR count). The zero-order valence-electron chi connectivity index (χ0n) is 14.6. The summed E-state index contributed by atoms with van der Waals surface area (Å²) < 4.78 is 0. The number of amides is 2. The van der Waals surface area contributed by atoms with Gasteiger partial charge in [0, 0.05) is 19.2 Å². The molecule has 7 heteroatoms. The van der Waals surface area contributed by atoms with Crippen molar-refractivity contribution in [3.05, 3.63) is 35.7 Å². The number of benzene rings is 1. The van der Waals surface area contributed by atoms with Crippen LogP contribution in [-0.4, -0.2) is 23.0 Å². The monoisotopic (exact) mass is 342 g/mol. The summed E-state index contributed by atoms with van der Waals surface area (Å²) in [6, 6.07) is 8.01. The number of nitrogens with two attached hydrogens (primary N) is 2. The van der Waals surface area contributed by atoms with Crippen LogP contribution < -0.4 is 21.9 Å². The Labute approximate surface area is 149 Å². The molecule has 5 N–H and O–H groups in total. The first-order chi connectivity index (χ1) is 11.9. The highest BCUT2D eigenvalue weighted by molar-refractivity contribution is 5.91. The number of aryl methyl sites for hydroxylation is 1. The number of fused-ring (bicyclic) bond motifs is 2. The SMILES string of the molecule is Cc1ccc(NC(=O)N2C3CC(C)CC2C3)cc1N(N)/C=C(\N)C#N.[HH]. The summed E-state index contributed by atoms with van der Waals surface area (Å²) in [5.74, 6) is 6.66. The van der Waals surface area contributed by atoms with Crippen LogP contribution in [0.5, 0.6) is 0 Å². The second-order valence-electron chi connectivity index (χ2n) is 7.06. The zero-order chi connectivity index (χ0) is 18.1. The molecule has 1 aromatic rings. The van der Waals surface area contributed by atoms with Gasteiger partial charge in [-0.1, -0.05) is 13.0 Å². The summed E-state index contributed by atoms with van der Waals surface area (Å²) in [5, 5.41) is 13.0. The number of nitriles is 1. The molecule has 7 nitrogen and oxygen atoms in total. The van der Waals surface area contributed by atoms with E-state index in [4.69, 9.17) is 16.8 Å². The summed E-state index contributed by atoms with van der Waals surface area (Å²) in [7, 11) is 0. The maximum absolute atomic E-state index is 12.6. The molecule has 2 fully saturated rings. The largest absolute Gasteiger partial charge is 0.389 e. The van der Waals surface area contributed by atoms with Gasteiger partial charge in [-0.3, -0.25) is 5.01 Å². The van der Waals surface area contributed by atoms with Crippen molar-refractivity contribution in [1.82, 2.24) is 4.90 Å². The Morgan fingerprint density at radius 2 is 2.12 bits per heavy atom. The molecule has 134 valence electrons. The van der Waals surface area contributed by atoms with Crippen molar-refractivity contribution in [2.75, 3.05) is 10.3 Å². The zero-order valence-corrected chi connectivity index (χ0v) is 14.6. The third-order valence-electron chi connectivity index (χ3n) is 5.06. The number of anilines is 2. The predicted octanol–water partition coefficient (Wildman–Crippen LogP) is 2.65. The molecule has 0 aromatic heterocycles. The molecular weight excluding hydrogens is 316 g/mol. The molecule has 2 amide bonds. The highest BCUT2D eigenvalue weighted by Crippen LogP contribution is 2.41. The number of rotatable bonds is 3. The average molecular weight is 342 g/mol. The van der Waals surface area contributed by atoms with Crippen molar-refractivity contribution < 1.29 is 6.22 Å². The normalized spacial score (nSPS) is 25.0. The molecule has 2 unspecified atom stereocenters. The fourth-order valence-corrected chi connectivity index (χ4v) is 3.88. The number of hydrogen-bond donors (Lipinski definition) is 3. The minimum Gasteiger partial charge on any atom is -0.389 e. The standard InChI is InChI=1S/C18H24N6O.H2/c1-11-5-15-8-16(6-11)24(15)18(25)22-14-4-3-12(2)17(7-14)23(21)10-13(20)9-19;/h3-4,7,10-11,15-16H,5-6,8,20-21H2,1-2H3,(H,22,25);1H/b13-10-;. The van der Waals surface area contributed by atoms with Crippen LogP contribution in [0, 0.1) is 24.2 Å². The number of allylic oxidation sites excluding steroid dienone is 1. The van der Waals surface area contributed by atoms with Gasteiger partial charge in [0.1, 0.15) is 11.8 Å². The van der Waals surface area contributed by atoms with E-state index in [9.17, 15) is 4.79 Å². The molecule has 0 radical (unpaired) electrons. The number of carbonyl (C=O) groups is 1. The molecule has 2 heterocycles. The summed E-state index contributed by atoms with van der Waals surface area (Å²) in [6.45, 7) is 4.15. The third kappa shape index (κ3) is 3.39. The molecule has 0 saturated carbocycles. The lowest BCUT2D eigenvalue weighted by atomic mass is 9.74. The maximum atomic E-state index is 12.6. The van der Waals surface area contributed by atoms with E-state index in [-0.39, 0.29) is 13.2 Å². The lowest BCUT2D eigenvalue weighted by Gasteiger charge is -2.54. The summed E-state index contributed by atoms with van der Waals surface area (Å²) in [5.41, 5.74) is 7.78. The van der Waals surface area contributed by atoms with Crippen molar-refractivity contribution in [3.63, 3.8) is 0 Å². The highest BCUT2D eigenvalue weighted by Gasteiger charge is 2.46. The van der Waals surface area contributed by atoms with E-state index in [2.05, 4.69) is 12.2 Å². The molecule has 2 bridgehead atoms. The van der Waals surface area contributed by atoms with Crippen LogP contribution in [0.25, 0.3) is 0 Å². The number of hydrogen-bond acceptors (Lipinski definition) is 5. The van der Waals surface area contributed by atoms with Gasteiger partial charge >= 0.3 is 6.03 Å². The van der Waals surface area contributed by atoms with Crippen LogP contribution in [-0.2, 0) is 0 Å². The van der Waals surface area contributed by atoms with Gasteiger partial charge in [0.25, 0.3) is 0 Å². The number of nitrogens with zero attached hydrogens (tertiary/aromatic N) is 3. The van der Waals surface area contributed by atoms with E-state index < -0.39 is 0 Å². The molecule has 0 aliphatic carbocycles. The van der Waals surface area contributed by atoms with Gasteiger partial charge in [0.2, 0.25) is 0 Å². The number of urea groups is 1. The van der Waals surface area contributed by atoms with Crippen LogP contribution in [0.4, 0.5) is 16.2 Å². The Bertz CT molecular complexity index is 747. The Kier molecular flexibility index (Phi) is 4.55. The van der Waals surface area contributed by atoms with Gasteiger partial charge in [-0.05, 0) is 49.8 Å². The van der Waals surface area contributed by atoms with Gasteiger partial charge in [-0.25, -0.2) is 10.6 Å². The molecular formula is C18H26N6O. The quantitative estimate of drug-likeness (QED) is 0.444. The molecule has 2 saturated heterocycles. The fraction of sp³-hybridized carbons (Fsp3) is 0.444. The number of nitrogens with one attached hydrogen (secondary N) is 1. The van der Waals surface area contributed by atoms with Crippen LogP contribution in [0.15, 0.2) is 30.1 Å². The Morgan fingerprint density at radius 1 is 1.44 bits per heavy atom. The summed E-state index contributed by atoms with van der Waals surface area (Å²) in [4.78, 5) is 14.6. The molecule has 2 atom stereocenters. The van der Waals surface area contributed by atoms with E-state index in [0.29, 0.717) is 29.4 Å². The molecule has 25 heavy (non-hydrogen) atoms. The van der Waals surface area contributed by atoms with Crippen molar-refractivity contribution >= 4 is 17.4 Å². The first-order valence-corrected chi connectivity index (χ1v) is 8.50. The van der Waals surface area contributed by atoms with Gasteiger partial charge in [-0.15, -0.1) is 0 Å². The first-order valence-electron chi connectivity index (χ1n) is 8.50. The summed E-state index contributed by atoms with van der Waals surface area (Å²) in [6.07, 6.45) is 4.64. The highest BCUT2D eigenvalue weighted by atomic mass is 16.2. The van der Waals surface area contributed by atoms with Gasteiger partial charge in [0.05, 0.1) is 11.9 Å². The van der Waals surface area contributed by atoms with Crippen molar-refractivity contribution in [2.45, 2.75) is 45.2 Å². The smallest absolute Gasteiger partial charge is 0.322 e. The van der Waals surface area contributed by atoms with Gasteiger partial charge in [0.15, 0.2) is 0 Å². The minimum absolute atomic E-state index is 0. The minimum atomic E-state index is -0.0568. The second kappa shape index (κ2) is 6.65. The first kappa shape index (κ1) is 17.1. The fourth-order valence-electron chi connectivity index (χ4n) is 3.88. The second-order valence-corrected chi connectivity index (χ2v) is 7.06. The van der Waals surface area contributed by atoms with Crippen molar-refractivity contribution in [1.29, 1.82) is 5.26 Å². The lowest BCUT2D eigenvalue weighted by Crippen LogP contribution is -2.63. The Hall–Kier alpha value is -2.72.